The summed E-state index contributed by atoms with van der Waals surface area (Å²) >= 11 is 0. The Morgan fingerprint density at radius 3 is 1.75 bits per heavy atom. The van der Waals surface area contributed by atoms with E-state index in [1.807, 2.05) is 0 Å². The summed E-state index contributed by atoms with van der Waals surface area (Å²) in [5, 5.41) is 2.50. The second-order valence-corrected chi connectivity index (χ2v) is 13.5. The van der Waals surface area contributed by atoms with Crippen molar-refractivity contribution in [3.63, 3.8) is 0 Å². The Labute approximate surface area is 299 Å². The van der Waals surface area contributed by atoms with Crippen molar-refractivity contribution in [1.29, 1.82) is 0 Å². The van der Waals surface area contributed by atoms with Crippen molar-refractivity contribution in [3.8, 4) is 16.8 Å². The van der Waals surface area contributed by atoms with Crippen molar-refractivity contribution in [2.24, 2.45) is 5.92 Å². The summed E-state index contributed by atoms with van der Waals surface area (Å²) in [5.74, 6) is 0.738. The summed E-state index contributed by atoms with van der Waals surface area (Å²) in [5.41, 5.74) is 13.2. The maximum absolute atomic E-state index is 2.42. The normalized spacial score (nSPS) is 15.6. The summed E-state index contributed by atoms with van der Waals surface area (Å²) in [7, 11) is 0. The molecule has 1 heterocycles. The standard InChI is InChI=1S/C49H38N2/c1-35-33-40(37-15-7-3-8-16-37)25-31-45(35)39-23-28-43(29-24-39)51-48-20-12-11-19-46(48)47-32-30-44(34-49(47)51)50(41-17-9-4-10-18-41)42-26-21-38(22-27-42)36-13-5-2-6-14-36/h2-35,45H,1H3. The zero-order chi connectivity index (χ0) is 34.1. The zero-order valence-electron chi connectivity index (χ0n) is 28.6. The Balaban J connectivity index is 1.11. The van der Waals surface area contributed by atoms with Crippen molar-refractivity contribution >= 4 is 44.4 Å². The third-order valence-electron chi connectivity index (χ3n) is 10.3. The number of fused-ring (bicyclic) bond motifs is 3. The highest BCUT2D eigenvalue weighted by atomic mass is 15.1. The smallest absolute Gasteiger partial charge is 0.0561 e. The Morgan fingerprint density at radius 2 is 1.04 bits per heavy atom. The van der Waals surface area contributed by atoms with Gasteiger partial charge in [0.25, 0.3) is 0 Å². The summed E-state index contributed by atoms with van der Waals surface area (Å²) < 4.78 is 2.42. The molecule has 0 N–H and O–H groups in total. The van der Waals surface area contributed by atoms with Gasteiger partial charge in [-0.25, -0.2) is 0 Å². The fourth-order valence-corrected chi connectivity index (χ4v) is 7.74. The van der Waals surface area contributed by atoms with E-state index in [1.165, 1.54) is 49.6 Å². The molecule has 2 unspecified atom stereocenters. The molecule has 1 aliphatic carbocycles. The van der Waals surface area contributed by atoms with Crippen LogP contribution in [0.3, 0.4) is 0 Å². The SMILES string of the molecule is CC1C=C(c2ccccc2)C=CC1c1ccc(-n2c3ccccc3c3ccc(N(c4ccccc4)c4ccc(-c5ccccc5)cc4)cc32)cc1. The predicted molar refractivity (Wildman–Crippen MR) is 216 cm³/mol. The molecule has 2 heteroatoms. The number of anilines is 3. The molecule has 0 aliphatic heterocycles. The van der Waals surface area contributed by atoms with Crippen LogP contribution in [0.4, 0.5) is 17.1 Å². The van der Waals surface area contributed by atoms with Crippen LogP contribution < -0.4 is 4.90 Å². The fraction of sp³-hybridized carbons (Fsp3) is 0.0612. The first-order valence-electron chi connectivity index (χ1n) is 17.8. The monoisotopic (exact) mass is 654 g/mol. The second-order valence-electron chi connectivity index (χ2n) is 13.5. The largest absolute Gasteiger partial charge is 0.310 e. The average Bonchev–Trinajstić information content (AvgIpc) is 3.53. The molecule has 1 aromatic heterocycles. The molecule has 0 fully saturated rings. The molecule has 51 heavy (non-hydrogen) atoms. The number of hydrogen-bond donors (Lipinski definition) is 0. The molecule has 8 aromatic rings. The molecule has 0 radical (unpaired) electrons. The highest BCUT2D eigenvalue weighted by Crippen LogP contribution is 2.41. The topological polar surface area (TPSA) is 8.17 Å². The average molecular weight is 655 g/mol. The van der Waals surface area contributed by atoms with Crippen LogP contribution in [0.1, 0.15) is 24.0 Å². The molecular weight excluding hydrogens is 617 g/mol. The van der Waals surface area contributed by atoms with Gasteiger partial charge in [-0.3, -0.25) is 0 Å². The van der Waals surface area contributed by atoms with E-state index in [2.05, 4.69) is 217 Å². The molecular formula is C49H38N2. The lowest BCUT2D eigenvalue weighted by Crippen LogP contribution is -2.10. The molecule has 0 saturated carbocycles. The van der Waals surface area contributed by atoms with Gasteiger partial charge in [0.15, 0.2) is 0 Å². The first kappa shape index (κ1) is 30.7. The highest BCUT2D eigenvalue weighted by molar-refractivity contribution is 6.10. The van der Waals surface area contributed by atoms with Gasteiger partial charge in [-0.1, -0.05) is 153 Å². The number of nitrogens with zero attached hydrogens (tertiary/aromatic N) is 2. The Hall–Kier alpha value is -6.38. The molecule has 0 saturated heterocycles. The predicted octanol–water partition coefficient (Wildman–Crippen LogP) is 13.3. The van der Waals surface area contributed by atoms with E-state index in [9.17, 15) is 0 Å². The minimum Gasteiger partial charge on any atom is -0.310 e. The van der Waals surface area contributed by atoms with E-state index in [-0.39, 0.29) is 0 Å². The molecule has 0 spiro atoms. The summed E-state index contributed by atoms with van der Waals surface area (Å²) in [6.07, 6.45) is 7.07. The van der Waals surface area contributed by atoms with Crippen molar-refractivity contribution in [1.82, 2.24) is 4.57 Å². The van der Waals surface area contributed by atoms with Gasteiger partial charge in [0.05, 0.1) is 11.0 Å². The molecule has 0 bridgehead atoms. The number of aromatic nitrogens is 1. The van der Waals surface area contributed by atoms with Crippen molar-refractivity contribution in [2.45, 2.75) is 12.8 Å². The Bertz CT molecular complexity index is 2510. The number of rotatable bonds is 7. The lowest BCUT2D eigenvalue weighted by Gasteiger charge is -2.26. The molecule has 2 atom stereocenters. The van der Waals surface area contributed by atoms with Crippen LogP contribution in [-0.2, 0) is 0 Å². The minimum absolute atomic E-state index is 0.337. The molecule has 2 nitrogen and oxygen atoms in total. The lowest BCUT2D eigenvalue weighted by molar-refractivity contribution is 0.637. The van der Waals surface area contributed by atoms with Gasteiger partial charge in [0.2, 0.25) is 0 Å². The first-order valence-corrected chi connectivity index (χ1v) is 17.8. The first-order chi connectivity index (χ1) is 25.2. The van der Waals surface area contributed by atoms with Crippen LogP contribution in [-0.4, -0.2) is 4.57 Å². The number of benzene rings is 7. The maximum atomic E-state index is 2.42. The van der Waals surface area contributed by atoms with Crippen molar-refractivity contribution in [2.75, 3.05) is 4.90 Å². The zero-order valence-corrected chi connectivity index (χ0v) is 28.6. The molecule has 244 valence electrons. The second kappa shape index (κ2) is 13.2. The minimum atomic E-state index is 0.337. The van der Waals surface area contributed by atoms with E-state index < -0.39 is 0 Å². The summed E-state index contributed by atoms with van der Waals surface area (Å²) in [6, 6.07) is 65.7. The van der Waals surface area contributed by atoms with Crippen molar-refractivity contribution in [3.05, 3.63) is 211 Å². The quantitative estimate of drug-likeness (QED) is 0.166. The van der Waals surface area contributed by atoms with E-state index in [0.717, 1.165) is 22.7 Å². The third kappa shape index (κ3) is 5.75. The van der Waals surface area contributed by atoms with E-state index in [0.29, 0.717) is 11.8 Å². The van der Waals surface area contributed by atoms with Gasteiger partial charge in [0, 0.05) is 39.4 Å². The van der Waals surface area contributed by atoms with E-state index in [4.69, 9.17) is 0 Å². The number of allylic oxidation sites excluding steroid dienone is 4. The fourth-order valence-electron chi connectivity index (χ4n) is 7.74. The maximum Gasteiger partial charge on any atom is 0.0561 e. The Morgan fingerprint density at radius 1 is 0.471 bits per heavy atom. The van der Waals surface area contributed by atoms with Gasteiger partial charge >= 0.3 is 0 Å². The molecule has 0 amide bonds. The van der Waals surface area contributed by atoms with Gasteiger partial charge in [0.1, 0.15) is 0 Å². The van der Waals surface area contributed by atoms with Crippen LogP contribution in [0.25, 0.3) is 44.2 Å². The Kier molecular flexibility index (Phi) is 7.91. The van der Waals surface area contributed by atoms with E-state index in [1.54, 1.807) is 0 Å². The number of hydrogen-bond acceptors (Lipinski definition) is 1. The third-order valence-corrected chi connectivity index (χ3v) is 10.3. The molecule has 7 aromatic carbocycles. The van der Waals surface area contributed by atoms with Crippen LogP contribution in [0.15, 0.2) is 200 Å². The molecule has 1 aliphatic rings. The van der Waals surface area contributed by atoms with Crippen LogP contribution >= 0.6 is 0 Å². The van der Waals surface area contributed by atoms with Crippen LogP contribution in [0.2, 0.25) is 0 Å². The van der Waals surface area contributed by atoms with Gasteiger partial charge in [-0.2, -0.15) is 0 Å². The van der Waals surface area contributed by atoms with Crippen molar-refractivity contribution < 1.29 is 0 Å². The summed E-state index contributed by atoms with van der Waals surface area (Å²) in [6.45, 7) is 2.33. The van der Waals surface area contributed by atoms with Crippen LogP contribution in [0, 0.1) is 5.92 Å². The number of para-hydroxylation sites is 2. The van der Waals surface area contributed by atoms with Gasteiger partial charge < -0.3 is 9.47 Å². The summed E-state index contributed by atoms with van der Waals surface area (Å²) in [4.78, 5) is 2.35. The van der Waals surface area contributed by atoms with Gasteiger partial charge in [-0.15, -0.1) is 0 Å². The van der Waals surface area contributed by atoms with E-state index >= 15 is 0 Å². The molecule has 9 rings (SSSR count). The lowest BCUT2D eigenvalue weighted by atomic mass is 9.81. The van der Waals surface area contributed by atoms with Gasteiger partial charge in [-0.05, 0) is 88.3 Å². The highest BCUT2D eigenvalue weighted by Gasteiger charge is 2.21. The van der Waals surface area contributed by atoms with Crippen LogP contribution in [0.5, 0.6) is 0 Å².